The van der Waals surface area contributed by atoms with E-state index in [1.54, 1.807) is 0 Å². The predicted molar refractivity (Wildman–Crippen MR) is 64.2 cm³/mol. The van der Waals surface area contributed by atoms with Crippen LogP contribution in [0.25, 0.3) is 0 Å². The number of hydrogen-bond acceptors (Lipinski definition) is 3. The fourth-order valence-corrected chi connectivity index (χ4v) is 1.66. The Balaban J connectivity index is 2.08. The fraction of sp³-hybridized carbons (Fsp3) is 0.333. The lowest BCUT2D eigenvalue weighted by atomic mass is 10.1. The summed E-state index contributed by atoms with van der Waals surface area (Å²) in [6.45, 7) is 4.83. The van der Waals surface area contributed by atoms with Crippen molar-refractivity contribution < 1.29 is 0 Å². The van der Waals surface area contributed by atoms with Gasteiger partial charge in [-0.05, 0) is 31.0 Å². The molecule has 4 heteroatoms. The summed E-state index contributed by atoms with van der Waals surface area (Å²) in [5, 5.41) is 3.31. The van der Waals surface area contributed by atoms with Crippen molar-refractivity contribution >= 4 is 5.95 Å². The Morgan fingerprint density at radius 2 is 2.19 bits per heavy atom. The molecular weight excluding hydrogens is 200 g/mol. The quantitative estimate of drug-likeness (QED) is 0.853. The second-order valence-electron chi connectivity index (χ2n) is 3.97. The summed E-state index contributed by atoms with van der Waals surface area (Å²) in [5.41, 5.74) is 3.47. The van der Waals surface area contributed by atoms with Crippen molar-refractivity contribution in [3.8, 4) is 0 Å². The third kappa shape index (κ3) is 2.21. The number of rotatable bonds is 3. The Hall–Kier alpha value is -1.84. The van der Waals surface area contributed by atoms with Crippen LogP contribution in [0.5, 0.6) is 0 Å². The molecule has 0 saturated carbocycles. The van der Waals surface area contributed by atoms with E-state index in [2.05, 4.69) is 22.2 Å². The summed E-state index contributed by atoms with van der Waals surface area (Å²) in [6, 6.07) is 2.03. The molecule has 2 aromatic heterocycles. The maximum absolute atomic E-state index is 4.39. The van der Waals surface area contributed by atoms with E-state index in [1.807, 2.05) is 43.2 Å². The standard InChI is InChI=1S/C12H16N4/c1-9-6-13-5-4-11(9)7-14-12-15-10(2)8-16(12)3/h4-6,8H,7H2,1-3H3,(H,14,15). The Labute approximate surface area is 95.4 Å². The molecule has 0 spiro atoms. The lowest BCUT2D eigenvalue weighted by Gasteiger charge is -2.07. The Kier molecular flexibility index (Phi) is 2.90. The minimum atomic E-state index is 0.776. The van der Waals surface area contributed by atoms with Crippen LogP contribution in [0.2, 0.25) is 0 Å². The molecule has 0 atom stereocenters. The first kappa shape index (κ1) is 10.7. The van der Waals surface area contributed by atoms with Crippen molar-refractivity contribution in [3.05, 3.63) is 41.5 Å². The molecule has 0 saturated heterocycles. The number of anilines is 1. The molecule has 0 aliphatic carbocycles. The summed E-state index contributed by atoms with van der Waals surface area (Å²) in [4.78, 5) is 8.46. The highest BCUT2D eigenvalue weighted by atomic mass is 15.2. The average molecular weight is 216 g/mol. The first-order valence-electron chi connectivity index (χ1n) is 5.30. The zero-order chi connectivity index (χ0) is 11.5. The summed E-state index contributed by atoms with van der Waals surface area (Å²) >= 11 is 0. The lowest BCUT2D eigenvalue weighted by Crippen LogP contribution is -2.05. The highest BCUT2D eigenvalue weighted by molar-refractivity contribution is 5.32. The first-order chi connectivity index (χ1) is 7.66. The topological polar surface area (TPSA) is 42.7 Å². The second kappa shape index (κ2) is 4.35. The van der Waals surface area contributed by atoms with Crippen molar-refractivity contribution in [3.63, 3.8) is 0 Å². The van der Waals surface area contributed by atoms with E-state index in [0.29, 0.717) is 0 Å². The van der Waals surface area contributed by atoms with Gasteiger partial charge in [-0.15, -0.1) is 0 Å². The van der Waals surface area contributed by atoms with Crippen LogP contribution in [0, 0.1) is 13.8 Å². The van der Waals surface area contributed by atoms with Crippen LogP contribution in [0.15, 0.2) is 24.7 Å². The molecule has 0 amide bonds. The van der Waals surface area contributed by atoms with E-state index in [-0.39, 0.29) is 0 Å². The zero-order valence-corrected chi connectivity index (χ0v) is 9.86. The van der Waals surface area contributed by atoms with Crippen molar-refractivity contribution in [2.45, 2.75) is 20.4 Å². The van der Waals surface area contributed by atoms with E-state index in [1.165, 1.54) is 11.1 Å². The molecule has 1 N–H and O–H groups in total. The minimum absolute atomic E-state index is 0.776. The molecule has 16 heavy (non-hydrogen) atoms. The van der Waals surface area contributed by atoms with Gasteiger partial charge in [-0.2, -0.15) is 0 Å². The highest BCUT2D eigenvalue weighted by Gasteiger charge is 2.02. The van der Waals surface area contributed by atoms with E-state index in [4.69, 9.17) is 0 Å². The average Bonchev–Trinajstić information content (AvgIpc) is 2.56. The van der Waals surface area contributed by atoms with Crippen LogP contribution in [0.3, 0.4) is 0 Å². The van der Waals surface area contributed by atoms with Crippen molar-refractivity contribution in [1.82, 2.24) is 14.5 Å². The molecule has 0 unspecified atom stereocenters. The molecule has 0 aromatic carbocycles. The molecule has 2 aromatic rings. The van der Waals surface area contributed by atoms with Gasteiger partial charge in [0.05, 0.1) is 5.69 Å². The van der Waals surface area contributed by atoms with Gasteiger partial charge in [0.25, 0.3) is 0 Å². The van der Waals surface area contributed by atoms with Crippen LogP contribution in [-0.2, 0) is 13.6 Å². The maximum atomic E-state index is 4.39. The van der Waals surface area contributed by atoms with Crippen molar-refractivity contribution in [1.29, 1.82) is 0 Å². The SMILES string of the molecule is Cc1cn(C)c(NCc2ccncc2C)n1. The molecule has 0 fully saturated rings. The van der Waals surface area contributed by atoms with Gasteiger partial charge in [-0.3, -0.25) is 4.98 Å². The number of hydrogen-bond donors (Lipinski definition) is 1. The first-order valence-corrected chi connectivity index (χ1v) is 5.30. The highest BCUT2D eigenvalue weighted by Crippen LogP contribution is 2.10. The molecule has 0 radical (unpaired) electrons. The number of pyridine rings is 1. The number of imidazole rings is 1. The molecule has 84 valence electrons. The zero-order valence-electron chi connectivity index (χ0n) is 9.86. The molecule has 2 heterocycles. The Morgan fingerprint density at radius 1 is 1.38 bits per heavy atom. The summed E-state index contributed by atoms with van der Waals surface area (Å²) in [7, 11) is 1.99. The number of aryl methyl sites for hydroxylation is 3. The minimum Gasteiger partial charge on any atom is -0.352 e. The van der Waals surface area contributed by atoms with Gasteiger partial charge in [-0.25, -0.2) is 4.98 Å². The van der Waals surface area contributed by atoms with E-state index in [0.717, 1.165) is 18.2 Å². The smallest absolute Gasteiger partial charge is 0.203 e. The third-order valence-electron chi connectivity index (χ3n) is 2.57. The molecule has 0 aliphatic heterocycles. The molecule has 0 bridgehead atoms. The summed E-state index contributed by atoms with van der Waals surface area (Å²) in [5.74, 6) is 0.897. The number of nitrogens with one attached hydrogen (secondary N) is 1. The van der Waals surface area contributed by atoms with E-state index >= 15 is 0 Å². The largest absolute Gasteiger partial charge is 0.352 e. The van der Waals surface area contributed by atoms with E-state index < -0.39 is 0 Å². The molecular formula is C12H16N4. The van der Waals surface area contributed by atoms with Gasteiger partial charge < -0.3 is 9.88 Å². The predicted octanol–water partition coefficient (Wildman–Crippen LogP) is 2.04. The van der Waals surface area contributed by atoms with Crippen molar-refractivity contribution in [2.75, 3.05) is 5.32 Å². The Morgan fingerprint density at radius 3 is 2.81 bits per heavy atom. The normalized spacial score (nSPS) is 10.4. The van der Waals surface area contributed by atoms with Crippen LogP contribution < -0.4 is 5.32 Å². The van der Waals surface area contributed by atoms with Crippen LogP contribution in [0.1, 0.15) is 16.8 Å². The molecule has 2 rings (SSSR count). The van der Waals surface area contributed by atoms with Crippen LogP contribution in [0.4, 0.5) is 5.95 Å². The fourth-order valence-electron chi connectivity index (χ4n) is 1.66. The lowest BCUT2D eigenvalue weighted by molar-refractivity contribution is 0.897. The van der Waals surface area contributed by atoms with Crippen LogP contribution >= 0.6 is 0 Å². The van der Waals surface area contributed by atoms with Crippen LogP contribution in [-0.4, -0.2) is 14.5 Å². The summed E-state index contributed by atoms with van der Waals surface area (Å²) in [6.07, 6.45) is 5.69. The van der Waals surface area contributed by atoms with Crippen molar-refractivity contribution in [2.24, 2.45) is 7.05 Å². The van der Waals surface area contributed by atoms with Gasteiger partial charge in [0.2, 0.25) is 5.95 Å². The van der Waals surface area contributed by atoms with Gasteiger partial charge in [0.15, 0.2) is 0 Å². The molecule has 0 aliphatic rings. The summed E-state index contributed by atoms with van der Waals surface area (Å²) < 4.78 is 1.99. The maximum Gasteiger partial charge on any atom is 0.203 e. The third-order valence-corrected chi connectivity index (χ3v) is 2.57. The second-order valence-corrected chi connectivity index (χ2v) is 3.97. The molecule has 4 nitrogen and oxygen atoms in total. The van der Waals surface area contributed by atoms with Gasteiger partial charge in [0.1, 0.15) is 0 Å². The van der Waals surface area contributed by atoms with E-state index in [9.17, 15) is 0 Å². The Bertz CT molecular complexity index is 488. The number of aromatic nitrogens is 3. The monoisotopic (exact) mass is 216 g/mol. The van der Waals surface area contributed by atoms with Gasteiger partial charge in [0, 0.05) is 32.2 Å². The van der Waals surface area contributed by atoms with Gasteiger partial charge in [-0.1, -0.05) is 0 Å². The number of nitrogens with zero attached hydrogens (tertiary/aromatic N) is 3. The van der Waals surface area contributed by atoms with Gasteiger partial charge >= 0.3 is 0 Å².